The number of esters is 3. The first kappa shape index (κ1) is 75.5. The van der Waals surface area contributed by atoms with E-state index in [1.54, 1.807) is 31.4 Å². The molecule has 1 aromatic rings. The largest absolute Gasteiger partial charge is 0.497 e. The molecule has 5 saturated carbocycles. The monoisotopic (exact) mass is 1340 g/mol. The minimum Gasteiger partial charge on any atom is -0.497 e. The summed E-state index contributed by atoms with van der Waals surface area (Å²) in [5.74, 6) is 0.0308. The fraction of sp³-hybridized carbons (Fsp3) is 0.877. The summed E-state index contributed by atoms with van der Waals surface area (Å²) in [4.78, 5) is 42.6. The van der Waals surface area contributed by atoms with Gasteiger partial charge in [-0.05, 0) is 159 Å². The topological polar surface area (TPSA) is 182 Å². The van der Waals surface area contributed by atoms with E-state index >= 15 is 0 Å². The second-order valence-corrected chi connectivity index (χ2v) is 44.0. The van der Waals surface area contributed by atoms with E-state index in [-0.39, 0.29) is 54.6 Å². The lowest BCUT2D eigenvalue weighted by atomic mass is 9.44. The van der Waals surface area contributed by atoms with E-state index in [0.717, 1.165) is 92.9 Å². The highest BCUT2D eigenvalue weighted by Crippen LogP contribution is 2.82. The van der Waals surface area contributed by atoms with Crippen LogP contribution >= 0.6 is 0 Å². The summed E-state index contributed by atoms with van der Waals surface area (Å²) >= 11 is 0. The van der Waals surface area contributed by atoms with Gasteiger partial charge in [0, 0.05) is 37.2 Å². The third kappa shape index (κ3) is 15.1. The zero-order valence-corrected chi connectivity index (χ0v) is 63.0. The highest BCUT2D eigenvalue weighted by atomic mass is 28.4. The Morgan fingerprint density at radius 2 is 1.13 bits per heavy atom. The van der Waals surface area contributed by atoms with Gasteiger partial charge in [-0.2, -0.15) is 0 Å². The SMILES string of the molecule is CCCCCCCCCCCC(=O)OC[C@@H](C)[C@@]1(O)[C@@H](O[C@@H]2OC[C@H](O[Si](CC)(CC)CC)[C@H](O[C@@H]3OC[C@@H](O[Si](CC)(CC)CC)[C@H](O[Si](CC)(CC)CC)[C@H]3OC(=O)c3ccc(OC)cc3)[C@H]2OC(C)=O)C[C@H]2[C@@H]3C[C@@H](OC)[C@@]45C[C@@H]4CC[C@]5(C)[C@H]3CC[C@@]21C. The Kier molecular flexibility index (Phi) is 26.7. The third-order valence-electron chi connectivity index (χ3n) is 26.0. The molecule has 2 aliphatic heterocycles. The fourth-order valence-corrected chi connectivity index (χ4v) is 28.0. The number of benzene rings is 1. The van der Waals surface area contributed by atoms with Gasteiger partial charge in [0.2, 0.25) is 0 Å². The third-order valence-corrected chi connectivity index (χ3v) is 40.0. The molecule has 1 N–H and O–H groups in total. The number of carbonyl (C=O) groups excluding carboxylic acids is 3. The minimum absolute atomic E-state index is 0.00533. The van der Waals surface area contributed by atoms with E-state index in [4.69, 9.17) is 55.9 Å². The van der Waals surface area contributed by atoms with Crippen molar-refractivity contribution in [2.24, 2.45) is 45.8 Å². The van der Waals surface area contributed by atoms with Crippen LogP contribution in [0.15, 0.2) is 24.3 Å². The first-order chi connectivity index (χ1) is 44.1. The molecular weight excluding hydrogens is 1220 g/mol. The van der Waals surface area contributed by atoms with Crippen LogP contribution in [0.1, 0.15) is 216 Å². The standard InChI is InChI=1S/C73H126O16Si3/c1-17-27-28-29-30-31-32-33-34-35-62(75)80-47-50(11)73(77)61(45-57-55-44-60(79-16)72-46-53(72)40-42-70(72,13)56(55)41-43-71(57,73)14)84-68-65(83-51(12)74)63(58(48-81-68)87-90(18-2,19-3)20-4)86-69-66(85-67(76)52-36-38-54(78-15)39-37-52)64(89-92(24-8,25-9)26-10)59(49-82-69)88-91(21-5,22-6)23-7/h36-39,50,53,55-61,63-66,68-69,77H,17-35,40-49H2,1-16H3/t50-,53+,55-,56+,57+,58+,59-,60-,61+,63+,64+,65-,66-,68+,69+,70-,71+,72-,73-/m1/s1. The van der Waals surface area contributed by atoms with Gasteiger partial charge in [-0.3, -0.25) is 9.59 Å². The van der Waals surface area contributed by atoms with Gasteiger partial charge in [0.25, 0.3) is 0 Å². The molecule has 8 rings (SSSR count). The molecule has 7 fully saturated rings. The number of rotatable bonds is 37. The summed E-state index contributed by atoms with van der Waals surface area (Å²) in [6.07, 6.45) is 8.53. The van der Waals surface area contributed by atoms with Crippen LogP contribution in [0, 0.1) is 45.8 Å². The number of hydrogen-bond acceptors (Lipinski definition) is 16. The van der Waals surface area contributed by atoms with Gasteiger partial charge in [-0.1, -0.05) is 141 Å². The zero-order chi connectivity index (χ0) is 66.9. The molecule has 7 aliphatic rings. The normalized spacial score (nSPS) is 35.5. The summed E-state index contributed by atoms with van der Waals surface area (Å²) < 4.78 is 83.2. The molecule has 1 aromatic carbocycles. The lowest BCUT2D eigenvalue weighted by Crippen LogP contribution is -2.66. The Morgan fingerprint density at radius 1 is 0.609 bits per heavy atom. The molecule has 16 nitrogen and oxygen atoms in total. The van der Waals surface area contributed by atoms with Crippen molar-refractivity contribution < 1.29 is 75.4 Å². The van der Waals surface area contributed by atoms with Crippen molar-refractivity contribution in [1.29, 1.82) is 0 Å². The van der Waals surface area contributed by atoms with Crippen molar-refractivity contribution in [3.05, 3.63) is 29.8 Å². The van der Waals surface area contributed by atoms with E-state index in [1.165, 1.54) is 64.7 Å². The van der Waals surface area contributed by atoms with Crippen LogP contribution in [-0.2, 0) is 60.8 Å². The fourth-order valence-electron chi connectivity index (χ4n) is 19.5. The van der Waals surface area contributed by atoms with Crippen molar-refractivity contribution in [3.8, 4) is 5.75 Å². The predicted molar refractivity (Wildman–Crippen MR) is 366 cm³/mol. The summed E-state index contributed by atoms with van der Waals surface area (Å²) in [6, 6.07) is 14.4. The van der Waals surface area contributed by atoms with Crippen molar-refractivity contribution in [3.63, 3.8) is 0 Å². The number of methoxy groups -OCH3 is 2. The van der Waals surface area contributed by atoms with Crippen LogP contribution in [0.25, 0.3) is 0 Å². The van der Waals surface area contributed by atoms with Crippen LogP contribution in [-0.4, -0.2) is 149 Å². The zero-order valence-electron chi connectivity index (χ0n) is 60.0. The lowest BCUT2D eigenvalue weighted by Gasteiger charge is -2.61. The van der Waals surface area contributed by atoms with E-state index in [1.807, 2.05) is 14.0 Å². The molecule has 526 valence electrons. The molecule has 19 atom stereocenters. The highest BCUT2D eigenvalue weighted by molar-refractivity contribution is 6.74. The van der Waals surface area contributed by atoms with Crippen molar-refractivity contribution in [1.82, 2.24) is 0 Å². The molecule has 0 amide bonds. The van der Waals surface area contributed by atoms with Gasteiger partial charge >= 0.3 is 17.9 Å². The summed E-state index contributed by atoms with van der Waals surface area (Å²) in [5, 5.41) is 14.3. The van der Waals surface area contributed by atoms with E-state index in [2.05, 4.69) is 83.1 Å². The van der Waals surface area contributed by atoms with E-state index < -0.39 is 109 Å². The second-order valence-electron chi connectivity index (χ2n) is 29.8. The Labute approximate surface area is 558 Å². The molecule has 2 heterocycles. The molecule has 0 aromatic heterocycles. The van der Waals surface area contributed by atoms with Gasteiger partial charge in [0.05, 0.1) is 56.9 Å². The number of ether oxygens (including phenoxy) is 9. The maximum absolute atomic E-state index is 14.9. The predicted octanol–water partition coefficient (Wildman–Crippen LogP) is 15.9. The Bertz CT molecular complexity index is 2470. The smallest absolute Gasteiger partial charge is 0.338 e. The highest BCUT2D eigenvalue weighted by Gasteiger charge is 2.79. The number of fused-ring (bicyclic) bond motifs is 4. The average molecular weight is 1340 g/mol. The number of aliphatic hydroxyl groups is 1. The minimum atomic E-state index is -2.52. The van der Waals surface area contributed by atoms with Crippen LogP contribution in [0.5, 0.6) is 5.75 Å². The maximum atomic E-state index is 14.9. The molecule has 2 saturated heterocycles. The molecular formula is C73H126O16Si3. The number of hydrogen-bond donors (Lipinski definition) is 1. The Hall–Kier alpha value is -2.28. The van der Waals surface area contributed by atoms with Gasteiger partial charge in [0.1, 0.15) is 23.6 Å². The van der Waals surface area contributed by atoms with Crippen LogP contribution in [0.4, 0.5) is 0 Å². The van der Waals surface area contributed by atoms with Crippen molar-refractivity contribution in [2.45, 2.75) is 327 Å². The average Bonchev–Trinajstić information content (AvgIpc) is 1.48. The Morgan fingerprint density at radius 3 is 1.66 bits per heavy atom. The molecule has 0 bridgehead atoms. The van der Waals surface area contributed by atoms with Crippen molar-refractivity contribution in [2.75, 3.05) is 34.0 Å². The van der Waals surface area contributed by atoms with E-state index in [0.29, 0.717) is 36.0 Å². The molecule has 19 heteroatoms. The van der Waals surface area contributed by atoms with Gasteiger partial charge in [-0.15, -0.1) is 0 Å². The summed E-state index contributed by atoms with van der Waals surface area (Å²) in [5.41, 5.74) is -1.58. The van der Waals surface area contributed by atoms with Crippen molar-refractivity contribution >= 4 is 42.9 Å². The molecule has 0 unspecified atom stereocenters. The molecule has 1 spiro atoms. The van der Waals surface area contributed by atoms with E-state index in [9.17, 15) is 19.5 Å². The maximum Gasteiger partial charge on any atom is 0.338 e. The second kappa shape index (κ2) is 32.6. The van der Waals surface area contributed by atoms with Crippen LogP contribution < -0.4 is 4.74 Å². The molecule has 0 radical (unpaired) electrons. The quantitative estimate of drug-likeness (QED) is 0.0287. The van der Waals surface area contributed by atoms with Gasteiger partial charge in [-0.25, -0.2) is 4.79 Å². The van der Waals surface area contributed by atoms with Gasteiger partial charge in [0.15, 0.2) is 49.7 Å². The first-order valence-electron chi connectivity index (χ1n) is 37.1. The van der Waals surface area contributed by atoms with Gasteiger partial charge < -0.3 is 61.0 Å². The Balaban J connectivity index is 1.17. The lowest BCUT2D eigenvalue weighted by molar-refractivity contribution is -0.343. The summed E-state index contributed by atoms with van der Waals surface area (Å²) in [7, 11) is -3.89. The first-order valence-corrected chi connectivity index (χ1v) is 44.7. The number of unbranched alkanes of at least 4 members (excludes halogenated alkanes) is 8. The van der Waals surface area contributed by atoms with Crippen LogP contribution in [0.2, 0.25) is 54.4 Å². The van der Waals surface area contributed by atoms with Crippen LogP contribution in [0.3, 0.4) is 0 Å². The number of carbonyl (C=O) groups is 3. The summed E-state index contributed by atoms with van der Waals surface area (Å²) in [6.45, 7) is 30.2. The molecule has 92 heavy (non-hydrogen) atoms. The molecule has 5 aliphatic carbocycles.